The third-order valence-electron chi connectivity index (χ3n) is 3.45. The first-order valence-corrected chi connectivity index (χ1v) is 7.01. The molecule has 106 valence electrons. The van der Waals surface area contributed by atoms with Crippen LogP contribution in [-0.4, -0.2) is 16.1 Å². The number of anilines is 1. The summed E-state index contributed by atoms with van der Waals surface area (Å²) in [6.45, 7) is 3.06. The molecule has 1 heterocycles. The van der Waals surface area contributed by atoms with Crippen molar-refractivity contribution in [3.63, 3.8) is 0 Å². The van der Waals surface area contributed by atoms with Crippen molar-refractivity contribution in [2.24, 2.45) is 0 Å². The Morgan fingerprint density at radius 2 is 1.76 bits per heavy atom. The summed E-state index contributed by atoms with van der Waals surface area (Å²) in [6.07, 6.45) is 0. The van der Waals surface area contributed by atoms with Gasteiger partial charge in [0.2, 0.25) is 0 Å². The first-order chi connectivity index (χ1) is 10.3. The summed E-state index contributed by atoms with van der Waals surface area (Å²) < 4.78 is 1.79. The highest BCUT2D eigenvalue weighted by Gasteiger charge is 2.06. The number of para-hydroxylation sites is 3. The number of aromatic nitrogens is 2. The second-order valence-electron chi connectivity index (χ2n) is 4.94. The van der Waals surface area contributed by atoms with Crippen LogP contribution in [0.4, 0.5) is 5.69 Å². The first-order valence-electron chi connectivity index (χ1n) is 7.01. The van der Waals surface area contributed by atoms with Crippen molar-refractivity contribution < 1.29 is 0 Å². The number of fused-ring (bicyclic) bond motifs is 1. The van der Waals surface area contributed by atoms with Crippen LogP contribution in [0.1, 0.15) is 5.69 Å². The summed E-state index contributed by atoms with van der Waals surface area (Å²) >= 11 is 0. The molecule has 0 spiro atoms. The van der Waals surface area contributed by atoms with Gasteiger partial charge in [-0.1, -0.05) is 30.3 Å². The Bertz CT molecular complexity index is 809. The standard InChI is InChI=1S/C17H17N3O/c1-13-17(21)20(16-10-6-5-9-15(16)19-13)12-11-18-14-7-3-2-4-8-14/h2-10,18H,11-12H2,1H3. The lowest BCUT2D eigenvalue weighted by Gasteiger charge is -2.12. The van der Waals surface area contributed by atoms with E-state index in [0.29, 0.717) is 18.8 Å². The van der Waals surface area contributed by atoms with Gasteiger partial charge >= 0.3 is 0 Å². The monoisotopic (exact) mass is 279 g/mol. The molecule has 3 aromatic rings. The molecule has 0 fully saturated rings. The van der Waals surface area contributed by atoms with E-state index in [1.165, 1.54) is 0 Å². The van der Waals surface area contributed by atoms with E-state index in [0.717, 1.165) is 16.7 Å². The molecule has 3 rings (SSSR count). The maximum absolute atomic E-state index is 12.3. The van der Waals surface area contributed by atoms with E-state index in [4.69, 9.17) is 0 Å². The molecule has 0 aliphatic carbocycles. The Kier molecular flexibility index (Phi) is 3.69. The van der Waals surface area contributed by atoms with Gasteiger partial charge in [0.1, 0.15) is 5.69 Å². The molecule has 0 bridgehead atoms. The van der Waals surface area contributed by atoms with E-state index < -0.39 is 0 Å². The number of rotatable bonds is 4. The fraction of sp³-hybridized carbons (Fsp3) is 0.176. The number of hydrogen-bond acceptors (Lipinski definition) is 3. The normalized spacial score (nSPS) is 10.7. The van der Waals surface area contributed by atoms with Crippen LogP contribution in [-0.2, 0) is 6.54 Å². The molecule has 1 N–H and O–H groups in total. The maximum atomic E-state index is 12.3. The highest BCUT2D eigenvalue weighted by atomic mass is 16.1. The van der Waals surface area contributed by atoms with E-state index in [1.807, 2.05) is 54.6 Å². The van der Waals surface area contributed by atoms with Gasteiger partial charge < -0.3 is 9.88 Å². The molecule has 0 saturated carbocycles. The van der Waals surface area contributed by atoms with Crippen molar-refractivity contribution in [1.29, 1.82) is 0 Å². The molecule has 21 heavy (non-hydrogen) atoms. The summed E-state index contributed by atoms with van der Waals surface area (Å²) in [5, 5.41) is 3.32. The number of nitrogens with zero attached hydrogens (tertiary/aromatic N) is 2. The van der Waals surface area contributed by atoms with Gasteiger partial charge in [0.05, 0.1) is 11.0 Å². The van der Waals surface area contributed by atoms with Crippen molar-refractivity contribution >= 4 is 16.7 Å². The molecular weight excluding hydrogens is 262 g/mol. The average molecular weight is 279 g/mol. The minimum Gasteiger partial charge on any atom is -0.383 e. The third kappa shape index (κ3) is 2.79. The van der Waals surface area contributed by atoms with Crippen LogP contribution in [0.3, 0.4) is 0 Å². The lowest BCUT2D eigenvalue weighted by molar-refractivity contribution is 0.714. The second kappa shape index (κ2) is 5.79. The van der Waals surface area contributed by atoms with Crippen LogP contribution < -0.4 is 10.9 Å². The van der Waals surface area contributed by atoms with Crippen molar-refractivity contribution in [3.8, 4) is 0 Å². The smallest absolute Gasteiger partial charge is 0.272 e. The minimum atomic E-state index is -0.0245. The topological polar surface area (TPSA) is 46.9 Å². The molecule has 0 amide bonds. The molecule has 0 atom stereocenters. The van der Waals surface area contributed by atoms with Crippen LogP contribution in [0, 0.1) is 6.92 Å². The largest absolute Gasteiger partial charge is 0.383 e. The van der Waals surface area contributed by atoms with Crippen LogP contribution in [0.25, 0.3) is 11.0 Å². The van der Waals surface area contributed by atoms with Gasteiger partial charge in [-0.3, -0.25) is 4.79 Å². The van der Waals surface area contributed by atoms with E-state index >= 15 is 0 Å². The molecular formula is C17H17N3O. The predicted octanol–water partition coefficient (Wildman–Crippen LogP) is 2.82. The average Bonchev–Trinajstić information content (AvgIpc) is 2.52. The van der Waals surface area contributed by atoms with Gasteiger partial charge in [0.25, 0.3) is 5.56 Å². The van der Waals surface area contributed by atoms with Crippen molar-refractivity contribution in [2.45, 2.75) is 13.5 Å². The highest BCUT2D eigenvalue weighted by molar-refractivity contribution is 5.74. The number of aryl methyl sites for hydroxylation is 1. The van der Waals surface area contributed by atoms with Gasteiger partial charge in [0.15, 0.2) is 0 Å². The summed E-state index contributed by atoms with van der Waals surface area (Å²) in [7, 11) is 0. The second-order valence-corrected chi connectivity index (χ2v) is 4.94. The van der Waals surface area contributed by atoms with Crippen LogP contribution in [0.2, 0.25) is 0 Å². The zero-order chi connectivity index (χ0) is 14.7. The van der Waals surface area contributed by atoms with Gasteiger partial charge in [-0.2, -0.15) is 0 Å². The van der Waals surface area contributed by atoms with E-state index in [2.05, 4.69) is 10.3 Å². The zero-order valence-electron chi connectivity index (χ0n) is 11.9. The molecule has 4 nitrogen and oxygen atoms in total. The summed E-state index contributed by atoms with van der Waals surface area (Å²) in [6, 6.07) is 17.7. The molecule has 1 aromatic heterocycles. The molecule has 4 heteroatoms. The fourth-order valence-electron chi connectivity index (χ4n) is 2.41. The van der Waals surface area contributed by atoms with Gasteiger partial charge in [-0.25, -0.2) is 4.98 Å². The molecule has 0 aliphatic heterocycles. The lowest BCUT2D eigenvalue weighted by Crippen LogP contribution is -2.27. The predicted molar refractivity (Wildman–Crippen MR) is 85.7 cm³/mol. The van der Waals surface area contributed by atoms with Crippen molar-refractivity contribution in [1.82, 2.24) is 9.55 Å². The SMILES string of the molecule is Cc1nc2ccccc2n(CCNc2ccccc2)c1=O. The van der Waals surface area contributed by atoms with Gasteiger partial charge in [0, 0.05) is 18.8 Å². The van der Waals surface area contributed by atoms with Gasteiger partial charge in [-0.15, -0.1) is 0 Å². The molecule has 0 aliphatic rings. The molecule has 2 aromatic carbocycles. The number of nitrogens with one attached hydrogen (secondary N) is 1. The quantitative estimate of drug-likeness (QED) is 0.799. The number of benzene rings is 2. The number of hydrogen-bond donors (Lipinski definition) is 1. The van der Waals surface area contributed by atoms with E-state index in [1.54, 1.807) is 11.5 Å². The Morgan fingerprint density at radius 1 is 1.05 bits per heavy atom. The van der Waals surface area contributed by atoms with Crippen LogP contribution >= 0.6 is 0 Å². The summed E-state index contributed by atoms with van der Waals surface area (Å²) in [5.74, 6) is 0. The highest BCUT2D eigenvalue weighted by Crippen LogP contribution is 2.10. The van der Waals surface area contributed by atoms with Crippen molar-refractivity contribution in [2.75, 3.05) is 11.9 Å². The molecule has 0 radical (unpaired) electrons. The van der Waals surface area contributed by atoms with E-state index in [-0.39, 0.29) is 5.56 Å². The van der Waals surface area contributed by atoms with Crippen molar-refractivity contribution in [3.05, 3.63) is 70.6 Å². The van der Waals surface area contributed by atoms with E-state index in [9.17, 15) is 4.79 Å². The third-order valence-corrected chi connectivity index (χ3v) is 3.45. The summed E-state index contributed by atoms with van der Waals surface area (Å²) in [4.78, 5) is 16.6. The Hall–Kier alpha value is -2.62. The Balaban J connectivity index is 1.86. The fourth-order valence-corrected chi connectivity index (χ4v) is 2.41. The molecule has 0 saturated heterocycles. The Labute approximate surface area is 123 Å². The lowest BCUT2D eigenvalue weighted by atomic mass is 10.2. The van der Waals surface area contributed by atoms with Gasteiger partial charge in [-0.05, 0) is 31.2 Å². The minimum absolute atomic E-state index is 0.0245. The summed E-state index contributed by atoms with van der Waals surface area (Å²) in [5.41, 5.74) is 3.30. The first kappa shape index (κ1) is 13.4. The maximum Gasteiger partial charge on any atom is 0.272 e. The zero-order valence-corrected chi connectivity index (χ0v) is 11.9. The molecule has 0 unspecified atom stereocenters. The van der Waals surface area contributed by atoms with Crippen LogP contribution in [0.5, 0.6) is 0 Å². The van der Waals surface area contributed by atoms with Crippen LogP contribution in [0.15, 0.2) is 59.4 Å². The Morgan fingerprint density at radius 3 is 2.57 bits per heavy atom.